The van der Waals surface area contributed by atoms with E-state index in [0.29, 0.717) is 11.6 Å². The third kappa shape index (κ3) is 3.97. The largest absolute Gasteiger partial charge is 0.323 e. The van der Waals surface area contributed by atoms with E-state index >= 15 is 0 Å². The van der Waals surface area contributed by atoms with Crippen molar-refractivity contribution in [1.29, 1.82) is 0 Å². The second-order valence-electron chi connectivity index (χ2n) is 5.84. The third-order valence-electron chi connectivity index (χ3n) is 3.94. The number of aliphatic imine (C=N–C) groups is 1. The summed E-state index contributed by atoms with van der Waals surface area (Å²) in [5.74, 6) is 5.42. The highest BCUT2D eigenvalue weighted by molar-refractivity contribution is 7.98. The number of guanidine groups is 1. The summed E-state index contributed by atoms with van der Waals surface area (Å²) >= 11 is 1.29. The lowest BCUT2D eigenvalue weighted by molar-refractivity contribution is 0.600. The van der Waals surface area contributed by atoms with Crippen molar-refractivity contribution in [2.45, 2.75) is 11.4 Å². The molecule has 4 nitrogen and oxygen atoms in total. The summed E-state index contributed by atoms with van der Waals surface area (Å²) in [7, 11) is 0. The van der Waals surface area contributed by atoms with Crippen molar-refractivity contribution in [1.82, 2.24) is 9.71 Å². The monoisotopic (exact) mass is 392 g/mol. The Morgan fingerprint density at radius 2 is 1.82 bits per heavy atom. The van der Waals surface area contributed by atoms with Crippen LogP contribution >= 0.6 is 11.9 Å². The molecule has 0 unspecified atom stereocenters. The predicted molar refractivity (Wildman–Crippen MR) is 107 cm³/mol. The number of benzene rings is 2. The Labute approximate surface area is 165 Å². The zero-order chi connectivity index (χ0) is 19.3. The second kappa shape index (κ2) is 8.11. The van der Waals surface area contributed by atoms with Crippen molar-refractivity contribution >= 4 is 23.6 Å². The van der Waals surface area contributed by atoms with Crippen LogP contribution in [0.3, 0.4) is 0 Å². The number of fused-ring (bicyclic) bond motifs is 1. The molecule has 0 aliphatic carbocycles. The number of aromatic nitrogens is 1. The minimum absolute atomic E-state index is 0.0538. The molecular formula is C21H14F2N4S. The SMILES string of the molecule is Fc1cccnc1CN=C1NSc2ccc(F)c(C#Cc3ccccc3)c2N1. The molecule has 4 rings (SSSR count). The van der Waals surface area contributed by atoms with Gasteiger partial charge in [0, 0.05) is 11.8 Å². The molecule has 1 aromatic heterocycles. The maximum absolute atomic E-state index is 14.4. The molecule has 7 heteroatoms. The molecule has 0 atom stereocenters. The van der Waals surface area contributed by atoms with Crippen LogP contribution in [0.4, 0.5) is 14.5 Å². The van der Waals surface area contributed by atoms with Crippen molar-refractivity contribution < 1.29 is 8.78 Å². The van der Waals surface area contributed by atoms with Gasteiger partial charge < -0.3 is 5.32 Å². The fourth-order valence-corrected chi connectivity index (χ4v) is 3.27. The first kappa shape index (κ1) is 18.0. The molecule has 0 saturated heterocycles. The lowest BCUT2D eigenvalue weighted by atomic mass is 10.1. The quantitative estimate of drug-likeness (QED) is 0.503. The van der Waals surface area contributed by atoms with Crippen LogP contribution in [0.2, 0.25) is 0 Å². The summed E-state index contributed by atoms with van der Waals surface area (Å²) in [6, 6.07) is 15.3. The van der Waals surface area contributed by atoms with Gasteiger partial charge in [-0.2, -0.15) is 0 Å². The lowest BCUT2D eigenvalue weighted by Gasteiger charge is -2.21. The topological polar surface area (TPSA) is 49.3 Å². The summed E-state index contributed by atoms with van der Waals surface area (Å²) in [5, 5.41) is 3.06. The zero-order valence-corrected chi connectivity index (χ0v) is 15.4. The van der Waals surface area contributed by atoms with E-state index in [2.05, 4.69) is 31.9 Å². The predicted octanol–water partition coefficient (Wildman–Crippen LogP) is 4.34. The van der Waals surface area contributed by atoms with E-state index in [1.54, 1.807) is 6.07 Å². The first-order chi connectivity index (χ1) is 13.7. The maximum Gasteiger partial charge on any atom is 0.206 e. The van der Waals surface area contributed by atoms with Crippen LogP contribution in [0, 0.1) is 23.5 Å². The average Bonchev–Trinajstić information content (AvgIpc) is 2.73. The summed E-state index contributed by atoms with van der Waals surface area (Å²) < 4.78 is 31.2. The van der Waals surface area contributed by atoms with Crippen molar-refractivity contribution in [3.8, 4) is 11.8 Å². The van der Waals surface area contributed by atoms with Gasteiger partial charge in [0.05, 0.1) is 28.4 Å². The molecule has 28 heavy (non-hydrogen) atoms. The Bertz CT molecular complexity index is 1100. The van der Waals surface area contributed by atoms with Gasteiger partial charge in [0.15, 0.2) is 0 Å². The third-order valence-corrected chi connectivity index (χ3v) is 4.80. The first-order valence-corrected chi connectivity index (χ1v) is 9.25. The Kier molecular flexibility index (Phi) is 5.22. The lowest BCUT2D eigenvalue weighted by Crippen LogP contribution is -2.30. The molecule has 0 bridgehead atoms. The number of hydrogen-bond acceptors (Lipinski definition) is 3. The molecule has 2 aromatic carbocycles. The summed E-state index contributed by atoms with van der Waals surface area (Å²) in [5.41, 5.74) is 1.82. The maximum atomic E-state index is 14.4. The number of halogens is 2. The highest BCUT2D eigenvalue weighted by atomic mass is 32.2. The molecule has 2 N–H and O–H groups in total. The molecule has 0 fully saturated rings. The minimum atomic E-state index is -0.424. The normalized spacial score (nSPS) is 13.7. The second-order valence-corrected chi connectivity index (χ2v) is 6.69. The summed E-state index contributed by atoms with van der Waals surface area (Å²) in [6.07, 6.45) is 1.51. The van der Waals surface area contributed by atoms with E-state index in [1.165, 1.54) is 36.3 Å². The number of nitrogens with one attached hydrogen (secondary N) is 2. The first-order valence-electron chi connectivity index (χ1n) is 8.44. The van der Waals surface area contributed by atoms with E-state index in [-0.39, 0.29) is 17.8 Å². The van der Waals surface area contributed by atoms with Gasteiger partial charge in [-0.05, 0) is 48.3 Å². The highest BCUT2D eigenvalue weighted by Gasteiger charge is 2.19. The molecule has 0 spiro atoms. The summed E-state index contributed by atoms with van der Waals surface area (Å²) in [6.45, 7) is 0.0538. The van der Waals surface area contributed by atoms with E-state index in [0.717, 1.165) is 10.5 Å². The molecule has 1 aliphatic rings. The zero-order valence-electron chi connectivity index (χ0n) is 14.5. The van der Waals surface area contributed by atoms with Crippen molar-refractivity contribution in [2.24, 2.45) is 4.99 Å². The number of nitrogens with zero attached hydrogens (tertiary/aromatic N) is 2. The van der Waals surface area contributed by atoms with Gasteiger partial charge in [0.25, 0.3) is 0 Å². The Morgan fingerprint density at radius 1 is 0.964 bits per heavy atom. The number of hydrogen-bond donors (Lipinski definition) is 2. The van der Waals surface area contributed by atoms with E-state index < -0.39 is 11.6 Å². The van der Waals surface area contributed by atoms with Crippen LogP contribution < -0.4 is 10.0 Å². The van der Waals surface area contributed by atoms with Gasteiger partial charge >= 0.3 is 0 Å². The van der Waals surface area contributed by atoms with Gasteiger partial charge in [0.1, 0.15) is 11.6 Å². The molecule has 0 amide bonds. The van der Waals surface area contributed by atoms with Crippen molar-refractivity contribution in [2.75, 3.05) is 5.32 Å². The van der Waals surface area contributed by atoms with Gasteiger partial charge in [-0.3, -0.25) is 9.71 Å². The van der Waals surface area contributed by atoms with Gasteiger partial charge in [-0.25, -0.2) is 13.8 Å². The molecule has 1 aliphatic heterocycles. The van der Waals surface area contributed by atoms with Crippen LogP contribution in [0.15, 0.2) is 70.7 Å². The van der Waals surface area contributed by atoms with Gasteiger partial charge in [-0.15, -0.1) is 0 Å². The van der Waals surface area contributed by atoms with Crippen LogP contribution in [0.1, 0.15) is 16.8 Å². The van der Waals surface area contributed by atoms with Gasteiger partial charge in [-0.1, -0.05) is 30.0 Å². The molecular weight excluding hydrogens is 378 g/mol. The Morgan fingerprint density at radius 3 is 2.64 bits per heavy atom. The van der Waals surface area contributed by atoms with E-state index in [9.17, 15) is 8.78 Å². The van der Waals surface area contributed by atoms with E-state index in [4.69, 9.17) is 0 Å². The molecule has 138 valence electrons. The highest BCUT2D eigenvalue weighted by Crippen LogP contribution is 2.33. The van der Waals surface area contributed by atoms with Crippen LogP contribution in [-0.2, 0) is 6.54 Å². The Balaban J connectivity index is 1.62. The van der Waals surface area contributed by atoms with Crippen molar-refractivity contribution in [3.05, 3.63) is 89.2 Å². The Hall–Kier alpha value is -3.37. The van der Waals surface area contributed by atoms with Crippen LogP contribution in [-0.4, -0.2) is 10.9 Å². The van der Waals surface area contributed by atoms with Crippen molar-refractivity contribution in [3.63, 3.8) is 0 Å². The minimum Gasteiger partial charge on any atom is -0.323 e. The average molecular weight is 392 g/mol. The number of anilines is 1. The smallest absolute Gasteiger partial charge is 0.206 e. The van der Waals surface area contributed by atoms with Crippen LogP contribution in [0.5, 0.6) is 0 Å². The standard InChI is InChI=1S/C21H14F2N4S/c22-16-10-11-19-20(15(16)9-8-14-5-2-1-3-6-14)26-21(27-28-19)25-13-18-17(23)7-4-12-24-18/h1-7,10-12H,13H2,(H2,25,26,27). The molecule has 0 radical (unpaired) electrons. The van der Waals surface area contributed by atoms with Crippen LogP contribution in [0.25, 0.3) is 0 Å². The fraction of sp³-hybridized carbons (Fsp3) is 0.0476. The number of pyridine rings is 1. The molecule has 2 heterocycles. The molecule has 0 saturated carbocycles. The van der Waals surface area contributed by atoms with E-state index in [1.807, 2.05) is 30.3 Å². The summed E-state index contributed by atoms with van der Waals surface area (Å²) in [4.78, 5) is 9.07. The fourth-order valence-electron chi connectivity index (χ4n) is 2.55. The molecule has 3 aromatic rings. The van der Waals surface area contributed by atoms with Gasteiger partial charge in [0.2, 0.25) is 5.96 Å². The number of rotatable bonds is 2.